The molecule has 0 aliphatic rings. The second kappa shape index (κ2) is 6.89. The highest BCUT2D eigenvalue weighted by atomic mass is 16.4. The number of aliphatic carboxylic acids is 1. The molecular weight excluding hydrogens is 244 g/mol. The van der Waals surface area contributed by atoms with Crippen molar-refractivity contribution >= 4 is 17.6 Å². The fourth-order valence-electron chi connectivity index (χ4n) is 1.72. The van der Waals surface area contributed by atoms with Gasteiger partial charge in [0.1, 0.15) is 6.54 Å². The maximum Gasteiger partial charge on any atom is 0.323 e. The zero-order chi connectivity index (χ0) is 14.4. The van der Waals surface area contributed by atoms with Gasteiger partial charge in [-0.3, -0.25) is 14.5 Å². The second-order valence-corrected chi connectivity index (χ2v) is 4.56. The minimum atomic E-state index is -1.06. The van der Waals surface area contributed by atoms with Crippen molar-refractivity contribution in [2.75, 3.05) is 11.4 Å². The SMILES string of the molecule is CCC(C)C(N)C(=O)N(CC(=O)O)c1ccccc1. The molecule has 0 spiro atoms. The normalized spacial score (nSPS) is 13.6. The second-order valence-electron chi connectivity index (χ2n) is 4.56. The van der Waals surface area contributed by atoms with Crippen LogP contribution in [0.4, 0.5) is 5.69 Å². The fourth-order valence-corrected chi connectivity index (χ4v) is 1.72. The molecule has 0 bridgehead atoms. The number of carbonyl (C=O) groups excluding carboxylic acids is 1. The molecule has 2 atom stereocenters. The maximum absolute atomic E-state index is 12.3. The molecule has 1 amide bonds. The molecule has 2 unspecified atom stereocenters. The van der Waals surface area contributed by atoms with Crippen molar-refractivity contribution in [2.24, 2.45) is 11.7 Å². The number of hydrogen-bond acceptors (Lipinski definition) is 3. The van der Waals surface area contributed by atoms with Crippen LogP contribution < -0.4 is 10.6 Å². The summed E-state index contributed by atoms with van der Waals surface area (Å²) in [5.74, 6) is -1.41. The molecule has 0 heterocycles. The van der Waals surface area contributed by atoms with E-state index >= 15 is 0 Å². The molecule has 3 N–H and O–H groups in total. The number of carboxylic acids is 1. The minimum absolute atomic E-state index is 0.00695. The van der Waals surface area contributed by atoms with Crippen LogP contribution in [0.25, 0.3) is 0 Å². The zero-order valence-electron chi connectivity index (χ0n) is 11.2. The molecule has 1 aromatic rings. The monoisotopic (exact) mass is 264 g/mol. The van der Waals surface area contributed by atoms with Crippen LogP contribution in [0.3, 0.4) is 0 Å². The van der Waals surface area contributed by atoms with Crippen LogP contribution in [0.5, 0.6) is 0 Å². The Labute approximate surface area is 113 Å². The highest BCUT2D eigenvalue weighted by molar-refractivity contribution is 6.00. The Kier molecular flexibility index (Phi) is 5.51. The van der Waals surface area contributed by atoms with E-state index < -0.39 is 12.0 Å². The van der Waals surface area contributed by atoms with E-state index in [1.165, 1.54) is 4.90 Å². The van der Waals surface area contributed by atoms with E-state index in [4.69, 9.17) is 10.8 Å². The van der Waals surface area contributed by atoms with Crippen molar-refractivity contribution in [2.45, 2.75) is 26.3 Å². The first-order chi connectivity index (χ1) is 8.97. The molecule has 0 fully saturated rings. The maximum atomic E-state index is 12.3. The van der Waals surface area contributed by atoms with Crippen LogP contribution in [0.1, 0.15) is 20.3 Å². The van der Waals surface area contributed by atoms with Crippen LogP contribution in [-0.2, 0) is 9.59 Å². The molecule has 104 valence electrons. The van der Waals surface area contributed by atoms with Gasteiger partial charge in [0.25, 0.3) is 0 Å². The third-order valence-electron chi connectivity index (χ3n) is 3.17. The van der Waals surface area contributed by atoms with Crippen LogP contribution in [0, 0.1) is 5.92 Å². The number of benzene rings is 1. The van der Waals surface area contributed by atoms with E-state index in [1.54, 1.807) is 24.3 Å². The Bertz CT molecular complexity index is 434. The highest BCUT2D eigenvalue weighted by Gasteiger charge is 2.27. The number of nitrogens with zero attached hydrogens (tertiary/aromatic N) is 1. The van der Waals surface area contributed by atoms with Gasteiger partial charge in [-0.2, -0.15) is 0 Å². The van der Waals surface area contributed by atoms with Gasteiger partial charge in [0.05, 0.1) is 6.04 Å². The average Bonchev–Trinajstić information content (AvgIpc) is 2.43. The number of amides is 1. The highest BCUT2D eigenvalue weighted by Crippen LogP contribution is 2.17. The van der Waals surface area contributed by atoms with Crippen LogP contribution in [0.15, 0.2) is 30.3 Å². The molecule has 1 aromatic carbocycles. The van der Waals surface area contributed by atoms with Gasteiger partial charge in [-0.25, -0.2) is 0 Å². The standard InChI is InChI=1S/C14H20N2O3/c1-3-10(2)13(15)14(19)16(9-12(17)18)11-7-5-4-6-8-11/h4-8,10,13H,3,9,15H2,1-2H3,(H,17,18). The molecule has 0 aliphatic carbocycles. The summed E-state index contributed by atoms with van der Waals surface area (Å²) < 4.78 is 0. The third kappa shape index (κ3) is 4.06. The Morgan fingerprint density at radius 1 is 1.32 bits per heavy atom. The summed E-state index contributed by atoms with van der Waals surface area (Å²) in [5, 5.41) is 8.94. The summed E-state index contributed by atoms with van der Waals surface area (Å²) in [4.78, 5) is 24.5. The van der Waals surface area contributed by atoms with Gasteiger partial charge in [-0.05, 0) is 18.1 Å². The van der Waals surface area contributed by atoms with E-state index in [0.717, 1.165) is 6.42 Å². The summed E-state index contributed by atoms with van der Waals surface area (Å²) in [6, 6.07) is 8.03. The Morgan fingerprint density at radius 3 is 2.37 bits per heavy atom. The van der Waals surface area contributed by atoms with Crippen molar-refractivity contribution in [3.05, 3.63) is 30.3 Å². The topological polar surface area (TPSA) is 83.6 Å². The quantitative estimate of drug-likeness (QED) is 0.815. The first kappa shape index (κ1) is 15.2. The Morgan fingerprint density at radius 2 is 1.89 bits per heavy atom. The van der Waals surface area contributed by atoms with Gasteiger partial charge >= 0.3 is 5.97 Å². The van der Waals surface area contributed by atoms with Gasteiger partial charge in [-0.1, -0.05) is 38.5 Å². The van der Waals surface area contributed by atoms with Crippen molar-refractivity contribution in [3.63, 3.8) is 0 Å². The molecule has 1 rings (SSSR count). The third-order valence-corrected chi connectivity index (χ3v) is 3.17. The molecule has 0 radical (unpaired) electrons. The lowest BCUT2D eigenvalue weighted by Crippen LogP contribution is -2.49. The number of para-hydroxylation sites is 1. The van der Waals surface area contributed by atoms with E-state index in [1.807, 2.05) is 19.9 Å². The fraction of sp³-hybridized carbons (Fsp3) is 0.429. The van der Waals surface area contributed by atoms with Gasteiger partial charge < -0.3 is 10.8 Å². The van der Waals surface area contributed by atoms with Crippen molar-refractivity contribution in [1.82, 2.24) is 0 Å². The molecule has 0 aromatic heterocycles. The number of anilines is 1. The molecular formula is C14H20N2O3. The number of carboxylic acid groups (broad SMARTS) is 1. The van der Waals surface area contributed by atoms with E-state index in [2.05, 4.69) is 0 Å². The largest absolute Gasteiger partial charge is 0.480 e. The molecule has 0 saturated carbocycles. The lowest BCUT2D eigenvalue weighted by molar-refractivity contribution is -0.137. The van der Waals surface area contributed by atoms with Gasteiger partial charge in [0.15, 0.2) is 0 Å². The van der Waals surface area contributed by atoms with Crippen LogP contribution >= 0.6 is 0 Å². The van der Waals surface area contributed by atoms with Crippen molar-refractivity contribution in [1.29, 1.82) is 0 Å². The summed E-state index contributed by atoms with van der Waals surface area (Å²) in [7, 11) is 0. The Hall–Kier alpha value is -1.88. The molecule has 5 nitrogen and oxygen atoms in total. The van der Waals surface area contributed by atoms with Gasteiger partial charge in [-0.15, -0.1) is 0 Å². The summed E-state index contributed by atoms with van der Waals surface area (Å²) in [6.45, 7) is 3.45. The van der Waals surface area contributed by atoms with Crippen molar-refractivity contribution < 1.29 is 14.7 Å². The number of hydrogen-bond donors (Lipinski definition) is 2. The Balaban J connectivity index is 2.98. The first-order valence-corrected chi connectivity index (χ1v) is 6.31. The molecule has 5 heteroatoms. The van der Waals surface area contributed by atoms with E-state index in [-0.39, 0.29) is 18.4 Å². The van der Waals surface area contributed by atoms with Crippen LogP contribution in [-0.4, -0.2) is 29.6 Å². The summed E-state index contributed by atoms with van der Waals surface area (Å²) >= 11 is 0. The predicted molar refractivity (Wildman–Crippen MR) is 73.9 cm³/mol. The van der Waals surface area contributed by atoms with E-state index in [0.29, 0.717) is 5.69 Å². The van der Waals surface area contributed by atoms with Gasteiger partial charge in [0.2, 0.25) is 5.91 Å². The average molecular weight is 264 g/mol. The lowest BCUT2D eigenvalue weighted by Gasteiger charge is -2.26. The molecule has 0 saturated heterocycles. The number of rotatable bonds is 6. The minimum Gasteiger partial charge on any atom is -0.480 e. The molecule has 19 heavy (non-hydrogen) atoms. The predicted octanol–water partition coefficient (Wildman–Crippen LogP) is 1.48. The summed E-state index contributed by atoms with van der Waals surface area (Å²) in [5.41, 5.74) is 6.45. The van der Waals surface area contributed by atoms with E-state index in [9.17, 15) is 9.59 Å². The molecule has 0 aliphatic heterocycles. The number of nitrogens with two attached hydrogens (primary N) is 1. The smallest absolute Gasteiger partial charge is 0.323 e. The van der Waals surface area contributed by atoms with Gasteiger partial charge in [0, 0.05) is 5.69 Å². The van der Waals surface area contributed by atoms with Crippen LogP contribution in [0.2, 0.25) is 0 Å². The summed E-state index contributed by atoms with van der Waals surface area (Å²) in [6.07, 6.45) is 0.766. The lowest BCUT2D eigenvalue weighted by atomic mass is 9.98. The van der Waals surface area contributed by atoms with Crippen molar-refractivity contribution in [3.8, 4) is 0 Å². The zero-order valence-corrected chi connectivity index (χ0v) is 11.2. The number of carbonyl (C=O) groups is 2. The first-order valence-electron chi connectivity index (χ1n) is 6.31.